The van der Waals surface area contributed by atoms with Crippen molar-refractivity contribution in [2.45, 2.75) is 141 Å². The van der Waals surface area contributed by atoms with Crippen LogP contribution in [0.5, 0.6) is 5.75 Å². The van der Waals surface area contributed by atoms with E-state index in [0.29, 0.717) is 12.0 Å². The van der Waals surface area contributed by atoms with Crippen LogP contribution >= 0.6 is 0 Å². The fraction of sp³-hybridized carbons (Fsp3) is 0.769. The highest BCUT2D eigenvalue weighted by atomic mass is 16.7. The largest absolute Gasteiger partial charge is 0.508 e. The Morgan fingerprint density at radius 3 is 2.21 bits per heavy atom. The SMILES string of the molecule is CC[C@H]1OC(=O)[C@H](C)[C@@H](OC(=O)NCc2ccc(O)cc2)[C@H](C)[C@@H](O[C@@H]2O[C@H](C)C[C@H](N(C)C)[C@H]2O)C[C@@](C)(OC)[C@@H](C)C(=O)C(C)[C@@H](OC)[C@]1(C)O. The first kappa shape index (κ1) is 44.5. The van der Waals surface area contributed by atoms with Crippen molar-refractivity contribution in [1.29, 1.82) is 0 Å². The van der Waals surface area contributed by atoms with Gasteiger partial charge in [0.1, 0.15) is 35.4 Å². The third-order valence-corrected chi connectivity index (χ3v) is 11.6. The molecule has 0 saturated carbocycles. The fourth-order valence-corrected chi connectivity index (χ4v) is 7.83. The Hall–Kier alpha value is -2.85. The number of likely N-dealkylation sites (N-methyl/N-ethyl adjacent to an activating group) is 1. The minimum Gasteiger partial charge on any atom is -0.508 e. The quantitative estimate of drug-likeness (QED) is 0.268. The van der Waals surface area contributed by atoms with Gasteiger partial charge in [-0.25, -0.2) is 4.79 Å². The number of aromatic hydroxyl groups is 1. The van der Waals surface area contributed by atoms with Crippen LogP contribution in [0.15, 0.2) is 24.3 Å². The number of esters is 1. The number of cyclic esters (lactones) is 1. The number of nitrogens with one attached hydrogen (secondary N) is 1. The highest BCUT2D eigenvalue weighted by molar-refractivity contribution is 5.84. The summed E-state index contributed by atoms with van der Waals surface area (Å²) in [6.45, 7) is 13.7. The highest BCUT2D eigenvalue weighted by Crippen LogP contribution is 2.39. The number of Topliss-reactive ketones (excluding diaryl/α,β-unsaturated/α-hetero) is 1. The minimum atomic E-state index is -1.79. The molecule has 1 amide bonds. The number of aliphatic hydroxyl groups excluding tert-OH is 1. The van der Waals surface area contributed by atoms with E-state index in [-0.39, 0.29) is 43.1 Å². The van der Waals surface area contributed by atoms with Crippen LogP contribution in [-0.4, -0.2) is 127 Å². The Balaban J connectivity index is 2.15. The van der Waals surface area contributed by atoms with E-state index < -0.39 is 83.7 Å². The lowest BCUT2D eigenvalue weighted by molar-refractivity contribution is -0.282. The van der Waals surface area contributed by atoms with Gasteiger partial charge in [-0.05, 0) is 72.3 Å². The first-order valence-corrected chi connectivity index (χ1v) is 18.6. The zero-order valence-electron chi connectivity index (χ0n) is 33.5. The molecular weight excluding hydrogens is 688 g/mol. The molecule has 0 bridgehead atoms. The van der Waals surface area contributed by atoms with Crippen molar-refractivity contribution >= 4 is 17.8 Å². The van der Waals surface area contributed by atoms with E-state index in [9.17, 15) is 29.7 Å². The standard InChI is InChI=1S/C39H64N2O12/c1-13-30-39(8,47)34(48-11)23(4)31(43)25(6)38(7,49-12)19-29(51-36-32(44)28(41(9)10)18-21(2)50-36)22(3)33(24(5)35(45)52-30)53-37(46)40-20-26-14-16-27(42)17-15-26/h14-17,21-25,28-30,32-34,36,42,44,47H,13,18-20H2,1-12H3,(H,40,46)/t21-,22-,23?,24-,25+,28+,29+,30-,32-,33+,34-,36+,38-,39-/m1/s1. The van der Waals surface area contributed by atoms with Gasteiger partial charge in [0.25, 0.3) is 0 Å². The van der Waals surface area contributed by atoms with Crippen molar-refractivity contribution in [3.8, 4) is 5.75 Å². The molecule has 0 radical (unpaired) electrons. The Labute approximate surface area is 314 Å². The van der Waals surface area contributed by atoms with Gasteiger partial charge >= 0.3 is 12.1 Å². The van der Waals surface area contributed by atoms with Gasteiger partial charge in [-0.1, -0.05) is 39.8 Å². The van der Waals surface area contributed by atoms with Crippen molar-refractivity contribution in [2.24, 2.45) is 23.7 Å². The van der Waals surface area contributed by atoms with Crippen LogP contribution < -0.4 is 5.32 Å². The molecule has 0 aliphatic carbocycles. The molecule has 14 nitrogen and oxygen atoms in total. The molecular formula is C39H64N2O12. The summed E-state index contributed by atoms with van der Waals surface area (Å²) in [5, 5.41) is 35.8. The highest BCUT2D eigenvalue weighted by Gasteiger charge is 2.52. The summed E-state index contributed by atoms with van der Waals surface area (Å²) in [6.07, 6.45) is -6.68. The number of phenolic OH excluding ortho intramolecular Hbond substituents is 1. The van der Waals surface area contributed by atoms with Gasteiger partial charge in [-0.15, -0.1) is 0 Å². The van der Waals surface area contributed by atoms with E-state index in [1.807, 2.05) is 25.9 Å². The predicted octanol–water partition coefficient (Wildman–Crippen LogP) is 3.81. The summed E-state index contributed by atoms with van der Waals surface area (Å²) in [4.78, 5) is 43.7. The average Bonchev–Trinajstić information content (AvgIpc) is 3.11. The van der Waals surface area contributed by atoms with Crippen LogP contribution in [0.25, 0.3) is 0 Å². The zero-order valence-corrected chi connectivity index (χ0v) is 33.5. The lowest BCUT2D eigenvalue weighted by Gasteiger charge is -2.46. The van der Waals surface area contributed by atoms with Crippen molar-refractivity contribution in [2.75, 3.05) is 28.3 Å². The molecule has 2 saturated heterocycles. The number of nitrogens with zero attached hydrogens (tertiary/aromatic N) is 1. The smallest absolute Gasteiger partial charge is 0.407 e. The minimum absolute atomic E-state index is 0.0558. The predicted molar refractivity (Wildman–Crippen MR) is 196 cm³/mol. The number of alkyl carbamates (subject to hydrolysis) is 1. The molecule has 0 spiro atoms. The lowest BCUT2D eigenvalue weighted by atomic mass is 9.72. The van der Waals surface area contributed by atoms with Gasteiger partial charge in [-0.2, -0.15) is 0 Å². The fourth-order valence-electron chi connectivity index (χ4n) is 7.83. The Morgan fingerprint density at radius 2 is 1.66 bits per heavy atom. The van der Waals surface area contributed by atoms with E-state index in [1.165, 1.54) is 33.3 Å². The summed E-state index contributed by atoms with van der Waals surface area (Å²) in [5.41, 5.74) is -2.28. The first-order chi connectivity index (χ1) is 24.7. The number of carbonyl (C=O) groups is 3. The van der Waals surface area contributed by atoms with Crippen LogP contribution in [0, 0.1) is 23.7 Å². The summed E-state index contributed by atoms with van der Waals surface area (Å²) in [5.74, 6) is -4.39. The maximum Gasteiger partial charge on any atom is 0.407 e. The van der Waals surface area contributed by atoms with Gasteiger partial charge in [0, 0.05) is 51.0 Å². The molecule has 1 aromatic carbocycles. The first-order valence-electron chi connectivity index (χ1n) is 18.6. The lowest BCUT2D eigenvalue weighted by Crippen LogP contribution is -2.59. The van der Waals surface area contributed by atoms with Crippen molar-refractivity contribution < 1.29 is 58.1 Å². The number of carbonyl (C=O) groups excluding carboxylic acids is 3. The monoisotopic (exact) mass is 752 g/mol. The number of rotatable bonds is 9. The summed E-state index contributed by atoms with van der Waals surface area (Å²) < 4.78 is 36.8. The molecule has 14 heteroatoms. The molecule has 53 heavy (non-hydrogen) atoms. The summed E-state index contributed by atoms with van der Waals surface area (Å²) >= 11 is 0. The molecule has 302 valence electrons. The molecule has 2 heterocycles. The van der Waals surface area contributed by atoms with Crippen LogP contribution in [0.1, 0.15) is 80.2 Å². The van der Waals surface area contributed by atoms with Gasteiger partial charge in [0.05, 0.1) is 29.8 Å². The number of aliphatic hydroxyl groups is 2. The number of phenols is 1. The number of ketones is 1. The maximum atomic E-state index is 14.3. The van der Waals surface area contributed by atoms with E-state index in [1.54, 1.807) is 53.7 Å². The van der Waals surface area contributed by atoms with E-state index in [4.69, 9.17) is 28.4 Å². The van der Waals surface area contributed by atoms with E-state index in [0.717, 1.165) is 0 Å². The normalized spacial score (nSPS) is 39.2. The molecule has 1 aromatic rings. The van der Waals surface area contributed by atoms with Crippen LogP contribution in [0.4, 0.5) is 4.79 Å². The Morgan fingerprint density at radius 1 is 1.04 bits per heavy atom. The van der Waals surface area contributed by atoms with Gasteiger partial charge in [0.2, 0.25) is 0 Å². The second-order valence-electron chi connectivity index (χ2n) is 15.6. The molecule has 2 fully saturated rings. The second kappa shape index (κ2) is 18.7. The van der Waals surface area contributed by atoms with Gasteiger partial charge in [0.15, 0.2) is 6.29 Å². The molecule has 4 N–H and O–H groups in total. The van der Waals surface area contributed by atoms with E-state index >= 15 is 0 Å². The number of methoxy groups -OCH3 is 2. The van der Waals surface area contributed by atoms with Crippen molar-refractivity contribution in [1.82, 2.24) is 10.2 Å². The Kier molecular flexibility index (Phi) is 15.7. The molecule has 3 rings (SSSR count). The number of hydrogen-bond donors (Lipinski definition) is 4. The number of amides is 1. The van der Waals surface area contributed by atoms with Crippen molar-refractivity contribution in [3.63, 3.8) is 0 Å². The molecule has 2 aliphatic heterocycles. The molecule has 1 unspecified atom stereocenters. The van der Waals surface area contributed by atoms with Crippen molar-refractivity contribution in [3.05, 3.63) is 29.8 Å². The average molecular weight is 753 g/mol. The molecule has 2 aliphatic rings. The van der Waals surface area contributed by atoms with Crippen LogP contribution in [-0.2, 0) is 44.6 Å². The second-order valence-corrected chi connectivity index (χ2v) is 15.6. The molecule has 0 aromatic heterocycles. The zero-order chi connectivity index (χ0) is 40.0. The molecule has 14 atom stereocenters. The van der Waals surface area contributed by atoms with Crippen LogP contribution in [0.2, 0.25) is 0 Å². The number of benzene rings is 1. The van der Waals surface area contributed by atoms with Gasteiger partial charge in [-0.3, -0.25) is 9.59 Å². The topological polar surface area (TPSA) is 183 Å². The van der Waals surface area contributed by atoms with E-state index in [2.05, 4.69) is 5.32 Å². The third-order valence-electron chi connectivity index (χ3n) is 11.6. The van der Waals surface area contributed by atoms with Crippen LogP contribution in [0.3, 0.4) is 0 Å². The third kappa shape index (κ3) is 10.5. The summed E-state index contributed by atoms with van der Waals surface area (Å²) in [6, 6.07) is 6.01. The maximum absolute atomic E-state index is 14.3. The summed E-state index contributed by atoms with van der Waals surface area (Å²) in [7, 11) is 6.63. The number of ether oxygens (including phenoxy) is 6. The number of hydrogen-bond acceptors (Lipinski definition) is 13. The Bertz CT molecular complexity index is 1360. The van der Waals surface area contributed by atoms with Gasteiger partial charge < -0.3 is 54.0 Å².